The molecule has 1 aliphatic carbocycles. The van der Waals surface area contributed by atoms with Crippen LogP contribution >= 0.6 is 23.2 Å². The molecule has 7 rings (SSSR count). The summed E-state index contributed by atoms with van der Waals surface area (Å²) in [7, 11) is 1.65. The van der Waals surface area contributed by atoms with E-state index in [0.717, 1.165) is 41.7 Å². The Hall–Kier alpha value is -4.66. The monoisotopic (exact) mass is 897 g/mol. The minimum atomic E-state index is -0.886. The third-order valence-electron chi connectivity index (χ3n) is 11.3. The van der Waals surface area contributed by atoms with Gasteiger partial charge in [-0.2, -0.15) is 0 Å². The standard InChI is InChI=1S/C46H55Cl2F2N5O7/c1-45(2,3)61-43(57)53-24-31-21-33(28-9-15-38(51-22-28)52-18-16-32(25-52)60-41-36(50)14-13-35(49)40(41)48)39(37(26-53)55(31)44(58)62-46(4,5)6)42(56)54(30-10-11-30)23-29-20-27(17-19-59-7)8-12-34(29)47/h8-9,12-15,20,22,30-32,37H,10-11,16-19,21,23-26H2,1-7H3/t31-,32+,37-/m0/s1. The molecule has 4 heterocycles. The molecule has 1 aromatic heterocycles. The van der Waals surface area contributed by atoms with Crippen molar-refractivity contribution in [1.82, 2.24) is 19.7 Å². The Bertz CT molecular complexity index is 2210. The molecule has 3 fully saturated rings. The number of aromatic nitrogens is 1. The molecule has 2 bridgehead atoms. The highest BCUT2D eigenvalue weighted by atomic mass is 35.5. The molecule has 3 atom stereocenters. The van der Waals surface area contributed by atoms with Gasteiger partial charge in [-0.1, -0.05) is 35.3 Å². The number of piperazine rings is 1. The van der Waals surface area contributed by atoms with E-state index in [4.69, 9.17) is 47.1 Å². The Labute approximate surface area is 372 Å². The van der Waals surface area contributed by atoms with Crippen LogP contribution < -0.4 is 9.64 Å². The predicted octanol–water partition coefficient (Wildman–Crippen LogP) is 9.09. The van der Waals surface area contributed by atoms with Crippen molar-refractivity contribution in [2.45, 2.75) is 116 Å². The first kappa shape index (κ1) is 45.4. The van der Waals surface area contributed by atoms with Crippen molar-refractivity contribution >= 4 is 52.7 Å². The van der Waals surface area contributed by atoms with Gasteiger partial charge in [0.25, 0.3) is 5.91 Å². The largest absolute Gasteiger partial charge is 0.484 e. The maximum absolute atomic E-state index is 15.5. The van der Waals surface area contributed by atoms with Gasteiger partial charge in [-0.3, -0.25) is 9.69 Å². The average Bonchev–Trinajstić information content (AvgIpc) is 3.94. The number of ether oxygens (including phenoxy) is 4. The number of carbonyl (C=O) groups excluding carboxylic acids is 3. The Balaban J connectivity index is 1.26. The number of amides is 3. The number of nitrogens with zero attached hydrogens (tertiary/aromatic N) is 5. The first-order valence-electron chi connectivity index (χ1n) is 21.1. The van der Waals surface area contributed by atoms with E-state index in [9.17, 15) is 18.4 Å². The Morgan fingerprint density at radius 1 is 0.887 bits per heavy atom. The number of methoxy groups -OCH3 is 1. The Morgan fingerprint density at radius 3 is 2.26 bits per heavy atom. The zero-order valence-electron chi connectivity index (χ0n) is 36.3. The number of rotatable bonds is 11. The van der Waals surface area contributed by atoms with E-state index in [0.29, 0.717) is 54.5 Å². The fourth-order valence-corrected chi connectivity index (χ4v) is 8.68. The van der Waals surface area contributed by atoms with E-state index >= 15 is 4.79 Å². The molecule has 62 heavy (non-hydrogen) atoms. The molecule has 0 unspecified atom stereocenters. The van der Waals surface area contributed by atoms with Crippen LogP contribution in [0.1, 0.15) is 83.9 Å². The summed E-state index contributed by atoms with van der Waals surface area (Å²) in [6.07, 6.45) is 3.17. The highest BCUT2D eigenvalue weighted by Crippen LogP contribution is 2.43. The number of anilines is 1. The first-order valence-corrected chi connectivity index (χ1v) is 21.9. The Kier molecular flexibility index (Phi) is 13.3. The number of carbonyl (C=O) groups is 3. The summed E-state index contributed by atoms with van der Waals surface area (Å²) >= 11 is 12.8. The molecule has 334 valence electrons. The molecule has 0 N–H and O–H groups in total. The third kappa shape index (κ3) is 10.4. The molecule has 4 aliphatic rings. The maximum Gasteiger partial charge on any atom is 0.411 e. The van der Waals surface area contributed by atoms with Gasteiger partial charge in [0.05, 0.1) is 25.2 Å². The van der Waals surface area contributed by atoms with E-state index in [1.54, 1.807) is 64.6 Å². The fraction of sp³-hybridized carbons (Fsp3) is 0.522. The number of benzene rings is 2. The molecule has 3 aromatic rings. The molecule has 2 aromatic carbocycles. The summed E-state index contributed by atoms with van der Waals surface area (Å²) in [4.78, 5) is 55.3. The molecule has 16 heteroatoms. The summed E-state index contributed by atoms with van der Waals surface area (Å²) in [5, 5.41) is 0.130. The van der Waals surface area contributed by atoms with Crippen molar-refractivity contribution in [3.8, 4) is 5.75 Å². The molecule has 0 spiro atoms. The highest BCUT2D eigenvalue weighted by molar-refractivity contribution is 6.32. The minimum Gasteiger partial charge on any atom is -0.484 e. The van der Waals surface area contributed by atoms with Gasteiger partial charge in [-0.05, 0) is 120 Å². The van der Waals surface area contributed by atoms with Crippen molar-refractivity contribution < 1.29 is 42.1 Å². The fourth-order valence-electron chi connectivity index (χ4n) is 8.30. The van der Waals surface area contributed by atoms with E-state index in [-0.39, 0.29) is 43.8 Å². The average molecular weight is 899 g/mol. The van der Waals surface area contributed by atoms with Crippen LogP contribution in [-0.4, -0.2) is 113 Å². The zero-order chi connectivity index (χ0) is 44.7. The number of hydrogen-bond acceptors (Lipinski definition) is 9. The van der Waals surface area contributed by atoms with E-state index < -0.39 is 58.2 Å². The van der Waals surface area contributed by atoms with Crippen molar-refractivity contribution in [2.75, 3.05) is 44.8 Å². The molecule has 0 radical (unpaired) electrons. The maximum atomic E-state index is 15.5. The lowest BCUT2D eigenvalue weighted by molar-refractivity contribution is -0.129. The van der Waals surface area contributed by atoms with Gasteiger partial charge in [0.1, 0.15) is 34.0 Å². The number of pyridine rings is 1. The van der Waals surface area contributed by atoms with Gasteiger partial charge in [0.2, 0.25) is 0 Å². The third-order valence-corrected chi connectivity index (χ3v) is 12.0. The lowest BCUT2D eigenvalue weighted by atomic mass is 9.81. The molecular weight excluding hydrogens is 843 g/mol. The second-order valence-electron chi connectivity index (χ2n) is 18.4. The van der Waals surface area contributed by atoms with Crippen LogP contribution in [0.4, 0.5) is 24.2 Å². The van der Waals surface area contributed by atoms with Crippen molar-refractivity contribution in [1.29, 1.82) is 0 Å². The summed E-state index contributed by atoms with van der Waals surface area (Å²) in [6, 6.07) is 10.0. The van der Waals surface area contributed by atoms with Gasteiger partial charge in [0, 0.05) is 62.5 Å². The van der Waals surface area contributed by atoms with Crippen LogP contribution in [0, 0.1) is 11.6 Å². The van der Waals surface area contributed by atoms with Gasteiger partial charge in [0.15, 0.2) is 11.6 Å². The number of fused-ring (bicyclic) bond motifs is 2. The van der Waals surface area contributed by atoms with E-state index in [2.05, 4.69) is 0 Å². The molecular formula is C46H55Cl2F2N5O7. The van der Waals surface area contributed by atoms with E-state index in [1.165, 1.54) is 0 Å². The quantitative estimate of drug-likeness (QED) is 0.174. The van der Waals surface area contributed by atoms with Crippen molar-refractivity contribution in [3.63, 3.8) is 0 Å². The number of hydrogen-bond donors (Lipinski definition) is 0. The summed E-state index contributed by atoms with van der Waals surface area (Å²) in [5.41, 5.74) is 2.00. The summed E-state index contributed by atoms with van der Waals surface area (Å²) in [6.45, 7) is 12.6. The second-order valence-corrected chi connectivity index (χ2v) is 19.2. The predicted molar refractivity (Wildman–Crippen MR) is 232 cm³/mol. The smallest absolute Gasteiger partial charge is 0.411 e. The van der Waals surface area contributed by atoms with Gasteiger partial charge < -0.3 is 33.6 Å². The summed E-state index contributed by atoms with van der Waals surface area (Å²) < 4.78 is 51.6. The topological polar surface area (TPSA) is 114 Å². The lowest BCUT2D eigenvalue weighted by Crippen LogP contribution is -2.66. The van der Waals surface area contributed by atoms with Crippen LogP contribution in [0.2, 0.25) is 10.0 Å². The molecule has 12 nitrogen and oxygen atoms in total. The second kappa shape index (κ2) is 18.2. The van der Waals surface area contributed by atoms with Crippen molar-refractivity contribution in [3.05, 3.63) is 92.6 Å². The zero-order valence-corrected chi connectivity index (χ0v) is 37.8. The van der Waals surface area contributed by atoms with Crippen LogP contribution in [-0.2, 0) is 32.0 Å². The van der Waals surface area contributed by atoms with Gasteiger partial charge in [-0.25, -0.2) is 23.4 Å². The van der Waals surface area contributed by atoms with Crippen molar-refractivity contribution in [2.24, 2.45) is 0 Å². The minimum absolute atomic E-state index is 0.00238. The van der Waals surface area contributed by atoms with Crippen LogP contribution in [0.15, 0.2) is 54.2 Å². The molecule has 1 saturated carbocycles. The van der Waals surface area contributed by atoms with Gasteiger partial charge in [-0.15, -0.1) is 0 Å². The molecule has 3 amide bonds. The van der Waals surface area contributed by atoms with Gasteiger partial charge >= 0.3 is 12.2 Å². The van der Waals surface area contributed by atoms with Crippen LogP contribution in [0.25, 0.3) is 5.57 Å². The first-order chi connectivity index (χ1) is 29.3. The molecule has 3 aliphatic heterocycles. The van der Waals surface area contributed by atoms with Crippen LogP contribution in [0.3, 0.4) is 0 Å². The highest BCUT2D eigenvalue weighted by Gasteiger charge is 2.51. The summed E-state index contributed by atoms with van der Waals surface area (Å²) in [5.74, 6) is -1.47. The van der Waals surface area contributed by atoms with E-state index in [1.807, 2.05) is 40.1 Å². The molecule has 2 saturated heterocycles. The van der Waals surface area contributed by atoms with Crippen LogP contribution in [0.5, 0.6) is 5.75 Å². The lowest BCUT2D eigenvalue weighted by Gasteiger charge is -2.51. The SMILES string of the molecule is COCCc1ccc(Cl)c(CN(C(=O)C2=C(c3ccc(N4CC[C@@H](Oc5c(F)ccc(F)c5Cl)C4)nc3)C[C@H]3CN(C(=O)OC(C)(C)C)C[C@@H]2N3C(=O)OC(C)(C)C)C2CC2)c1. The normalized spacial score (nSPS) is 20.4. The Morgan fingerprint density at radius 2 is 1.60 bits per heavy atom. The number of halogens is 4.